The lowest BCUT2D eigenvalue weighted by molar-refractivity contribution is 0.289. The summed E-state index contributed by atoms with van der Waals surface area (Å²) in [7, 11) is 0. The van der Waals surface area contributed by atoms with Gasteiger partial charge in [-0.15, -0.1) is 6.58 Å². The third-order valence-corrected chi connectivity index (χ3v) is 5.83. The average molecular weight is 315 g/mol. The van der Waals surface area contributed by atoms with Gasteiger partial charge in [0.05, 0.1) is 0 Å². The van der Waals surface area contributed by atoms with E-state index >= 15 is 0 Å². The Morgan fingerprint density at radius 3 is 2.96 bits per heavy atom. The molecule has 0 fully saturated rings. The number of rotatable bonds is 4. The van der Waals surface area contributed by atoms with Crippen molar-refractivity contribution in [2.45, 2.75) is 51.5 Å². The predicted octanol–water partition coefficient (Wildman–Crippen LogP) is 5.38. The smallest absolute Gasteiger partial charge is 0.269 e. The molecule has 1 aliphatic heterocycles. The van der Waals surface area contributed by atoms with E-state index in [4.69, 9.17) is 0 Å². The summed E-state index contributed by atoms with van der Waals surface area (Å²) in [5.74, 6) is 0.468. The van der Waals surface area contributed by atoms with Crippen molar-refractivity contribution >= 4 is 12.3 Å². The van der Waals surface area contributed by atoms with Crippen LogP contribution in [0, 0.1) is 0 Å². The van der Waals surface area contributed by atoms with Gasteiger partial charge in [-0.1, -0.05) is 67.9 Å². The highest BCUT2D eigenvalue weighted by Gasteiger charge is 2.45. The van der Waals surface area contributed by atoms with Crippen LogP contribution in [-0.4, -0.2) is 17.7 Å². The van der Waals surface area contributed by atoms with Crippen molar-refractivity contribution in [1.29, 1.82) is 0 Å². The fourth-order valence-electron chi connectivity index (χ4n) is 4.91. The second-order valence-corrected chi connectivity index (χ2v) is 7.58. The molecular weight excluding hydrogens is 289 g/mol. The van der Waals surface area contributed by atoms with Crippen molar-refractivity contribution < 1.29 is 0 Å². The Bertz CT molecular complexity index is 768. The zero-order valence-electron chi connectivity index (χ0n) is 15.0. The molecule has 2 heteroatoms. The summed E-state index contributed by atoms with van der Waals surface area (Å²) in [5.41, 5.74) is 7.53. The van der Waals surface area contributed by atoms with E-state index in [2.05, 4.69) is 74.7 Å². The van der Waals surface area contributed by atoms with Crippen molar-refractivity contribution in [3.05, 3.63) is 77.4 Å². The first-order chi connectivity index (χ1) is 11.6. The minimum Gasteiger partial charge on any atom is -0.329 e. The molecule has 24 heavy (non-hydrogen) atoms. The highest BCUT2D eigenvalue weighted by atomic mass is 15.1. The SMILES string of the molecule is C=CCC1=CC(B2C3=CCc4cccc(c43)C(C)N2C(C)C)C=C1. The number of hydrogen-bond acceptors (Lipinski definition) is 1. The van der Waals surface area contributed by atoms with Gasteiger partial charge in [-0.2, -0.15) is 0 Å². The van der Waals surface area contributed by atoms with Crippen LogP contribution in [0.4, 0.5) is 0 Å². The average Bonchev–Trinajstić information content (AvgIpc) is 3.18. The lowest BCUT2D eigenvalue weighted by Gasteiger charge is -2.45. The van der Waals surface area contributed by atoms with Gasteiger partial charge in [0.1, 0.15) is 0 Å². The Balaban J connectivity index is 1.81. The van der Waals surface area contributed by atoms with E-state index in [0.29, 0.717) is 24.7 Å². The van der Waals surface area contributed by atoms with Gasteiger partial charge >= 0.3 is 0 Å². The van der Waals surface area contributed by atoms with Crippen molar-refractivity contribution in [3.63, 3.8) is 0 Å². The van der Waals surface area contributed by atoms with Crippen LogP contribution in [-0.2, 0) is 6.42 Å². The molecule has 0 aromatic heterocycles. The van der Waals surface area contributed by atoms with E-state index in [9.17, 15) is 0 Å². The third-order valence-electron chi connectivity index (χ3n) is 5.83. The van der Waals surface area contributed by atoms with Crippen LogP contribution >= 0.6 is 0 Å². The predicted molar refractivity (Wildman–Crippen MR) is 105 cm³/mol. The van der Waals surface area contributed by atoms with Crippen molar-refractivity contribution in [1.82, 2.24) is 4.81 Å². The molecule has 0 N–H and O–H groups in total. The molecule has 1 heterocycles. The molecule has 3 aliphatic rings. The van der Waals surface area contributed by atoms with E-state index in [1.54, 1.807) is 11.0 Å². The number of allylic oxidation sites excluding steroid dienone is 6. The highest BCUT2D eigenvalue weighted by Crippen LogP contribution is 2.48. The molecule has 0 amide bonds. The van der Waals surface area contributed by atoms with Gasteiger partial charge < -0.3 is 4.81 Å². The summed E-state index contributed by atoms with van der Waals surface area (Å²) >= 11 is 0. The molecule has 122 valence electrons. The van der Waals surface area contributed by atoms with Gasteiger partial charge in [0, 0.05) is 6.04 Å². The van der Waals surface area contributed by atoms with Crippen LogP contribution in [0.5, 0.6) is 0 Å². The molecular formula is C22H26BN. The van der Waals surface area contributed by atoms with Crippen molar-refractivity contribution in [2.75, 3.05) is 0 Å². The molecule has 1 aromatic carbocycles. The maximum atomic E-state index is 3.89. The molecule has 1 nitrogen and oxygen atoms in total. The zero-order chi connectivity index (χ0) is 16.8. The van der Waals surface area contributed by atoms with Crippen LogP contribution in [0.15, 0.2) is 60.7 Å². The molecule has 1 aromatic rings. The second-order valence-electron chi connectivity index (χ2n) is 7.58. The molecule has 2 unspecified atom stereocenters. The maximum absolute atomic E-state index is 3.89. The summed E-state index contributed by atoms with van der Waals surface area (Å²) in [4.78, 5) is 2.71. The quantitative estimate of drug-likeness (QED) is 0.532. The molecule has 0 spiro atoms. The largest absolute Gasteiger partial charge is 0.329 e. The fourth-order valence-corrected chi connectivity index (χ4v) is 4.91. The van der Waals surface area contributed by atoms with Gasteiger partial charge in [0.15, 0.2) is 0 Å². The Hall–Kier alpha value is -1.80. The Labute approximate surface area is 146 Å². The fraction of sp³-hybridized carbons (Fsp3) is 0.364. The molecule has 0 saturated carbocycles. The summed E-state index contributed by atoms with van der Waals surface area (Å²) < 4.78 is 0. The number of hydrogen-bond donors (Lipinski definition) is 0. The highest BCUT2D eigenvalue weighted by molar-refractivity contribution is 6.79. The lowest BCUT2D eigenvalue weighted by Crippen LogP contribution is -2.51. The maximum Gasteiger partial charge on any atom is 0.269 e. The van der Waals surface area contributed by atoms with Crippen LogP contribution in [0.2, 0.25) is 5.82 Å². The Morgan fingerprint density at radius 1 is 1.38 bits per heavy atom. The first-order valence-corrected chi connectivity index (χ1v) is 9.21. The Morgan fingerprint density at radius 2 is 2.21 bits per heavy atom. The van der Waals surface area contributed by atoms with E-state index in [-0.39, 0.29) is 0 Å². The van der Waals surface area contributed by atoms with E-state index < -0.39 is 0 Å². The molecule has 2 atom stereocenters. The van der Waals surface area contributed by atoms with E-state index in [0.717, 1.165) is 12.8 Å². The first kappa shape index (κ1) is 15.7. The molecule has 0 saturated heterocycles. The lowest BCUT2D eigenvalue weighted by atomic mass is 9.41. The Kier molecular flexibility index (Phi) is 3.88. The van der Waals surface area contributed by atoms with Crippen LogP contribution < -0.4 is 0 Å². The van der Waals surface area contributed by atoms with Crippen molar-refractivity contribution in [3.8, 4) is 0 Å². The zero-order valence-corrected chi connectivity index (χ0v) is 15.0. The molecule has 4 rings (SSSR count). The summed E-state index contributed by atoms with van der Waals surface area (Å²) in [6.45, 7) is 11.4. The van der Waals surface area contributed by atoms with Gasteiger partial charge in [-0.05, 0) is 53.9 Å². The molecule has 0 radical (unpaired) electrons. The number of nitrogens with zero attached hydrogens (tertiary/aromatic N) is 1. The summed E-state index contributed by atoms with van der Waals surface area (Å²) in [6.07, 6.45) is 13.7. The topological polar surface area (TPSA) is 3.24 Å². The summed E-state index contributed by atoms with van der Waals surface area (Å²) in [5, 5.41) is 0. The molecule has 0 bridgehead atoms. The first-order valence-electron chi connectivity index (χ1n) is 9.21. The van der Waals surface area contributed by atoms with Crippen LogP contribution in [0.3, 0.4) is 0 Å². The van der Waals surface area contributed by atoms with E-state index in [1.807, 2.05) is 6.08 Å². The van der Waals surface area contributed by atoms with Crippen LogP contribution in [0.1, 0.15) is 49.9 Å². The van der Waals surface area contributed by atoms with Gasteiger partial charge in [0.2, 0.25) is 0 Å². The second kappa shape index (κ2) is 5.93. The summed E-state index contributed by atoms with van der Waals surface area (Å²) in [6, 6.07) is 7.86. The van der Waals surface area contributed by atoms with Crippen LogP contribution in [0.25, 0.3) is 5.47 Å². The van der Waals surface area contributed by atoms with Gasteiger partial charge in [-0.3, -0.25) is 0 Å². The van der Waals surface area contributed by atoms with E-state index in [1.165, 1.54) is 16.7 Å². The van der Waals surface area contributed by atoms with Gasteiger partial charge in [0.25, 0.3) is 6.85 Å². The van der Waals surface area contributed by atoms with Gasteiger partial charge in [-0.25, -0.2) is 0 Å². The standard InChI is InChI=1S/C22H26BN/c1-5-7-17-10-12-19(14-17)23-21-13-11-18-8-6-9-20(22(18)21)16(4)24(23)15(2)3/h5-6,8-10,12-16,19H,1,7,11H2,2-4H3. The normalized spacial score (nSPS) is 25.1. The minimum atomic E-state index is 0.453. The van der Waals surface area contributed by atoms with Crippen molar-refractivity contribution in [2.24, 2.45) is 0 Å². The minimum absolute atomic E-state index is 0.453. The monoisotopic (exact) mass is 315 g/mol. The number of benzene rings is 1. The molecule has 2 aliphatic carbocycles. The third kappa shape index (κ3) is 2.28.